The summed E-state index contributed by atoms with van der Waals surface area (Å²) < 4.78 is 7.47. The van der Waals surface area contributed by atoms with Gasteiger partial charge in [-0.05, 0) is 25.5 Å². The lowest BCUT2D eigenvalue weighted by Crippen LogP contribution is -2.37. The van der Waals surface area contributed by atoms with E-state index in [9.17, 15) is 0 Å². The highest BCUT2D eigenvalue weighted by Gasteiger charge is 2.35. The van der Waals surface area contributed by atoms with Gasteiger partial charge in [0, 0.05) is 38.2 Å². The molecule has 1 aromatic rings. The molecule has 17 heavy (non-hydrogen) atoms. The Morgan fingerprint density at radius 2 is 2.47 bits per heavy atom. The normalized spacial score (nSPS) is 24.4. The van der Waals surface area contributed by atoms with Crippen molar-refractivity contribution < 1.29 is 4.74 Å². The minimum Gasteiger partial charge on any atom is -0.381 e. The summed E-state index contributed by atoms with van der Waals surface area (Å²) in [7, 11) is 1.97. The first-order valence-electron chi connectivity index (χ1n) is 6.51. The number of aryl methyl sites for hydroxylation is 1. The lowest BCUT2D eigenvalue weighted by atomic mass is 9.82. The molecule has 1 saturated heterocycles. The van der Waals surface area contributed by atoms with Gasteiger partial charge in [0.25, 0.3) is 0 Å². The number of nitrogens with zero attached hydrogens (tertiary/aromatic N) is 2. The van der Waals surface area contributed by atoms with Gasteiger partial charge in [-0.3, -0.25) is 4.68 Å². The van der Waals surface area contributed by atoms with Gasteiger partial charge in [-0.2, -0.15) is 5.10 Å². The lowest BCUT2D eigenvalue weighted by molar-refractivity contribution is 0.148. The third kappa shape index (κ3) is 3.30. The molecular formula is C13H23N3O. The molecule has 0 aliphatic carbocycles. The molecule has 2 heterocycles. The third-order valence-corrected chi connectivity index (χ3v) is 3.44. The van der Waals surface area contributed by atoms with E-state index < -0.39 is 0 Å². The molecule has 1 atom stereocenters. The van der Waals surface area contributed by atoms with E-state index in [1.165, 1.54) is 12.1 Å². The van der Waals surface area contributed by atoms with E-state index in [2.05, 4.69) is 23.4 Å². The van der Waals surface area contributed by atoms with Crippen LogP contribution in [0.2, 0.25) is 0 Å². The van der Waals surface area contributed by atoms with Crippen LogP contribution in [-0.2, 0) is 18.2 Å². The quantitative estimate of drug-likeness (QED) is 0.760. The predicted octanol–water partition coefficient (Wildman–Crippen LogP) is 1.37. The Bertz CT molecular complexity index is 342. The van der Waals surface area contributed by atoms with E-state index in [1.54, 1.807) is 0 Å². The highest BCUT2D eigenvalue weighted by atomic mass is 16.5. The van der Waals surface area contributed by atoms with Crippen LogP contribution < -0.4 is 5.32 Å². The van der Waals surface area contributed by atoms with Crippen LogP contribution >= 0.6 is 0 Å². The molecular weight excluding hydrogens is 214 g/mol. The van der Waals surface area contributed by atoms with Crippen LogP contribution in [0.1, 0.15) is 25.5 Å². The second kappa shape index (κ2) is 5.65. The molecule has 4 nitrogen and oxygen atoms in total. The summed E-state index contributed by atoms with van der Waals surface area (Å²) in [5, 5.41) is 8.01. The average molecular weight is 237 g/mol. The monoisotopic (exact) mass is 237 g/mol. The van der Waals surface area contributed by atoms with Crippen LogP contribution in [-0.4, -0.2) is 36.1 Å². The SMILES string of the molecule is CCCNCC1(Cc2ccn(C)n2)CCOC1. The van der Waals surface area contributed by atoms with Gasteiger partial charge in [-0.15, -0.1) is 0 Å². The number of nitrogens with one attached hydrogen (secondary N) is 1. The van der Waals surface area contributed by atoms with Gasteiger partial charge in [0.05, 0.1) is 12.3 Å². The van der Waals surface area contributed by atoms with Crippen LogP contribution in [0, 0.1) is 5.41 Å². The van der Waals surface area contributed by atoms with Crippen molar-refractivity contribution in [1.82, 2.24) is 15.1 Å². The maximum absolute atomic E-state index is 5.60. The van der Waals surface area contributed by atoms with E-state index in [0.29, 0.717) is 0 Å². The number of hydrogen-bond donors (Lipinski definition) is 1. The minimum atomic E-state index is 0.253. The van der Waals surface area contributed by atoms with E-state index in [4.69, 9.17) is 4.74 Å². The topological polar surface area (TPSA) is 39.1 Å². The Morgan fingerprint density at radius 3 is 3.06 bits per heavy atom. The standard InChI is InChI=1S/C13H23N3O/c1-3-6-14-10-13(5-8-17-11-13)9-12-4-7-16(2)15-12/h4,7,14H,3,5-6,8-11H2,1-2H3. The number of ether oxygens (including phenoxy) is 1. The van der Waals surface area contributed by atoms with Crippen molar-refractivity contribution in [3.63, 3.8) is 0 Å². The largest absolute Gasteiger partial charge is 0.381 e. The highest BCUT2D eigenvalue weighted by molar-refractivity contribution is 5.05. The molecule has 1 N–H and O–H groups in total. The second-order valence-corrected chi connectivity index (χ2v) is 5.14. The van der Waals surface area contributed by atoms with E-state index in [0.717, 1.165) is 39.1 Å². The van der Waals surface area contributed by atoms with Gasteiger partial charge >= 0.3 is 0 Å². The number of hydrogen-bond acceptors (Lipinski definition) is 3. The van der Waals surface area contributed by atoms with Gasteiger partial charge in [-0.25, -0.2) is 0 Å². The van der Waals surface area contributed by atoms with Gasteiger partial charge < -0.3 is 10.1 Å². The fourth-order valence-corrected chi connectivity index (χ4v) is 2.46. The summed E-state index contributed by atoms with van der Waals surface area (Å²) in [6.07, 6.45) is 5.35. The molecule has 0 amide bonds. The van der Waals surface area contributed by atoms with E-state index in [1.807, 2.05) is 17.9 Å². The molecule has 0 aromatic carbocycles. The van der Waals surface area contributed by atoms with Crippen molar-refractivity contribution in [2.24, 2.45) is 12.5 Å². The number of rotatable bonds is 6. The molecule has 0 radical (unpaired) electrons. The minimum absolute atomic E-state index is 0.253. The zero-order valence-corrected chi connectivity index (χ0v) is 10.9. The first kappa shape index (κ1) is 12.6. The zero-order chi connectivity index (χ0) is 12.1. The highest BCUT2D eigenvalue weighted by Crippen LogP contribution is 2.31. The molecule has 1 unspecified atom stereocenters. The molecule has 1 aliphatic heterocycles. The smallest absolute Gasteiger partial charge is 0.0631 e. The number of aromatic nitrogens is 2. The molecule has 0 spiro atoms. The molecule has 96 valence electrons. The summed E-state index contributed by atoms with van der Waals surface area (Å²) in [4.78, 5) is 0. The van der Waals surface area contributed by atoms with Crippen molar-refractivity contribution in [3.05, 3.63) is 18.0 Å². The second-order valence-electron chi connectivity index (χ2n) is 5.14. The fourth-order valence-electron chi connectivity index (χ4n) is 2.46. The van der Waals surface area contributed by atoms with Gasteiger partial charge in [-0.1, -0.05) is 6.92 Å². The summed E-state index contributed by atoms with van der Waals surface area (Å²) in [5.74, 6) is 0. The molecule has 1 aliphatic rings. The summed E-state index contributed by atoms with van der Waals surface area (Å²) in [6, 6.07) is 2.11. The van der Waals surface area contributed by atoms with Crippen LogP contribution in [0.3, 0.4) is 0 Å². The van der Waals surface area contributed by atoms with Crippen LogP contribution in [0.4, 0.5) is 0 Å². The van der Waals surface area contributed by atoms with Crippen LogP contribution in [0.15, 0.2) is 12.3 Å². The van der Waals surface area contributed by atoms with Crippen LogP contribution in [0.5, 0.6) is 0 Å². The average Bonchev–Trinajstić information content (AvgIpc) is 2.90. The van der Waals surface area contributed by atoms with Crippen molar-refractivity contribution in [2.75, 3.05) is 26.3 Å². The molecule has 0 saturated carbocycles. The Kier molecular flexibility index (Phi) is 4.18. The molecule has 1 fully saturated rings. The summed E-state index contributed by atoms with van der Waals surface area (Å²) in [6.45, 7) is 6.08. The van der Waals surface area contributed by atoms with E-state index >= 15 is 0 Å². The van der Waals surface area contributed by atoms with Gasteiger partial charge in [0.15, 0.2) is 0 Å². The Balaban J connectivity index is 1.96. The van der Waals surface area contributed by atoms with Crippen molar-refractivity contribution in [2.45, 2.75) is 26.2 Å². The Morgan fingerprint density at radius 1 is 1.59 bits per heavy atom. The molecule has 0 bridgehead atoms. The lowest BCUT2D eigenvalue weighted by Gasteiger charge is -2.26. The maximum Gasteiger partial charge on any atom is 0.0631 e. The van der Waals surface area contributed by atoms with Crippen molar-refractivity contribution in [3.8, 4) is 0 Å². The summed E-state index contributed by atoms with van der Waals surface area (Å²) >= 11 is 0. The van der Waals surface area contributed by atoms with Crippen molar-refractivity contribution >= 4 is 0 Å². The van der Waals surface area contributed by atoms with Crippen LogP contribution in [0.25, 0.3) is 0 Å². The van der Waals surface area contributed by atoms with Crippen molar-refractivity contribution in [1.29, 1.82) is 0 Å². The third-order valence-electron chi connectivity index (χ3n) is 3.44. The molecule has 1 aromatic heterocycles. The Labute approximate surface area is 103 Å². The Hall–Kier alpha value is -0.870. The van der Waals surface area contributed by atoms with Gasteiger partial charge in [0.1, 0.15) is 0 Å². The summed E-state index contributed by atoms with van der Waals surface area (Å²) in [5.41, 5.74) is 1.43. The first-order valence-corrected chi connectivity index (χ1v) is 6.51. The van der Waals surface area contributed by atoms with Gasteiger partial charge in [0.2, 0.25) is 0 Å². The molecule has 2 rings (SSSR count). The first-order chi connectivity index (χ1) is 8.24. The zero-order valence-electron chi connectivity index (χ0n) is 10.9. The predicted molar refractivity (Wildman–Crippen MR) is 67.9 cm³/mol. The van der Waals surface area contributed by atoms with E-state index in [-0.39, 0.29) is 5.41 Å². The fraction of sp³-hybridized carbons (Fsp3) is 0.769. The maximum atomic E-state index is 5.60. The molecule has 4 heteroatoms.